The Hall–Kier alpha value is 0.600. The number of rotatable bonds is 6. The summed E-state index contributed by atoms with van der Waals surface area (Å²) in [5.41, 5.74) is 0. The van der Waals surface area contributed by atoms with Gasteiger partial charge in [0.05, 0.1) is 0 Å². The molecule has 0 radical (unpaired) electrons. The minimum Gasteiger partial charge on any atom is -0.303 e. The Kier molecular flexibility index (Phi) is 7.11. The van der Waals surface area contributed by atoms with Crippen LogP contribution in [-0.2, 0) is 0 Å². The second-order valence-electron chi connectivity index (χ2n) is 4.41. The van der Waals surface area contributed by atoms with Gasteiger partial charge in [-0.15, -0.1) is 11.6 Å². The molecule has 0 amide bonds. The Labute approximate surface area is 104 Å². The Balaban J connectivity index is 2.04. The Morgan fingerprint density at radius 1 is 1.40 bits per heavy atom. The van der Waals surface area contributed by atoms with Crippen molar-refractivity contribution in [3.8, 4) is 0 Å². The number of alkyl halides is 1. The second-order valence-corrected chi connectivity index (χ2v) is 6.49. The van der Waals surface area contributed by atoms with Crippen LogP contribution in [0, 0.1) is 5.92 Å². The lowest BCUT2D eigenvalue weighted by Crippen LogP contribution is -2.36. The molecule has 15 heavy (non-hydrogen) atoms. The molecule has 0 N–H and O–H groups in total. The highest BCUT2D eigenvalue weighted by Crippen LogP contribution is 2.23. The zero-order chi connectivity index (χ0) is 11.1. The van der Waals surface area contributed by atoms with Crippen molar-refractivity contribution in [1.29, 1.82) is 0 Å². The molecule has 0 saturated carbocycles. The molecule has 1 aliphatic rings. The van der Waals surface area contributed by atoms with Crippen LogP contribution in [0.5, 0.6) is 0 Å². The lowest BCUT2D eigenvalue weighted by Gasteiger charge is -2.33. The number of nitrogens with zero attached hydrogens (tertiary/aromatic N) is 1. The van der Waals surface area contributed by atoms with Gasteiger partial charge in [-0.2, -0.15) is 11.8 Å². The van der Waals surface area contributed by atoms with Gasteiger partial charge in [-0.1, -0.05) is 6.92 Å². The molecule has 0 aromatic heterocycles. The van der Waals surface area contributed by atoms with Crippen LogP contribution >= 0.6 is 23.4 Å². The molecule has 1 nitrogen and oxygen atoms in total. The molecule has 0 spiro atoms. The third kappa shape index (κ3) is 5.46. The van der Waals surface area contributed by atoms with E-state index in [2.05, 4.69) is 30.5 Å². The quantitative estimate of drug-likeness (QED) is 0.524. The highest BCUT2D eigenvalue weighted by Gasteiger charge is 2.21. The maximum atomic E-state index is 6.13. The number of halogens is 1. The topological polar surface area (TPSA) is 3.24 Å². The predicted octanol–water partition coefficient (Wildman–Crippen LogP) is 3.47. The first-order valence-electron chi connectivity index (χ1n) is 6.18. The lowest BCUT2D eigenvalue weighted by molar-refractivity contribution is 0.184. The Morgan fingerprint density at radius 2 is 2.07 bits per heavy atom. The van der Waals surface area contributed by atoms with Gasteiger partial charge in [0.2, 0.25) is 0 Å². The van der Waals surface area contributed by atoms with E-state index in [-0.39, 0.29) is 0 Å². The molecular formula is C12H24ClNS. The van der Waals surface area contributed by atoms with Crippen molar-refractivity contribution in [1.82, 2.24) is 4.90 Å². The summed E-state index contributed by atoms with van der Waals surface area (Å²) < 4.78 is 0. The average Bonchev–Trinajstić information content (AvgIpc) is 2.25. The fourth-order valence-electron chi connectivity index (χ4n) is 2.17. The molecule has 1 heterocycles. The summed E-state index contributed by atoms with van der Waals surface area (Å²) in [6.45, 7) is 8.19. The van der Waals surface area contributed by atoms with Gasteiger partial charge in [0.25, 0.3) is 0 Å². The molecule has 1 saturated heterocycles. The van der Waals surface area contributed by atoms with Gasteiger partial charge in [-0.25, -0.2) is 0 Å². The number of hydrogen-bond donors (Lipinski definition) is 0. The highest BCUT2D eigenvalue weighted by molar-refractivity contribution is 7.99. The van der Waals surface area contributed by atoms with E-state index in [1.54, 1.807) is 0 Å². The van der Waals surface area contributed by atoms with Gasteiger partial charge in [-0.05, 0) is 63.2 Å². The van der Waals surface area contributed by atoms with E-state index in [0.717, 1.165) is 5.92 Å². The number of piperidine rings is 1. The van der Waals surface area contributed by atoms with Crippen LogP contribution in [0.2, 0.25) is 0 Å². The second kappa shape index (κ2) is 7.81. The Bertz CT molecular complexity index is 156. The van der Waals surface area contributed by atoms with Crippen LogP contribution in [0.1, 0.15) is 33.1 Å². The van der Waals surface area contributed by atoms with E-state index < -0.39 is 0 Å². The molecule has 0 aliphatic carbocycles. The first kappa shape index (κ1) is 13.7. The number of likely N-dealkylation sites (tertiary alicyclic amines) is 1. The van der Waals surface area contributed by atoms with Crippen molar-refractivity contribution in [3.05, 3.63) is 0 Å². The number of thioether (sulfide) groups is 1. The zero-order valence-corrected chi connectivity index (χ0v) is 11.6. The minimum atomic E-state index is 0.364. The summed E-state index contributed by atoms with van der Waals surface area (Å²) in [6, 6.07) is 0. The molecule has 3 heteroatoms. The summed E-state index contributed by atoms with van der Waals surface area (Å²) in [7, 11) is 0. The molecule has 1 atom stereocenters. The summed E-state index contributed by atoms with van der Waals surface area (Å²) in [6.07, 6.45) is 3.94. The normalized spacial score (nSPS) is 21.8. The summed E-state index contributed by atoms with van der Waals surface area (Å²) >= 11 is 8.18. The predicted molar refractivity (Wildman–Crippen MR) is 72.1 cm³/mol. The largest absolute Gasteiger partial charge is 0.303 e. The van der Waals surface area contributed by atoms with Crippen LogP contribution in [0.15, 0.2) is 0 Å². The molecule has 1 fully saturated rings. The van der Waals surface area contributed by atoms with Gasteiger partial charge in [-0.3, -0.25) is 0 Å². The van der Waals surface area contributed by atoms with E-state index in [1.165, 1.54) is 50.4 Å². The van der Waals surface area contributed by atoms with Gasteiger partial charge < -0.3 is 4.90 Å². The van der Waals surface area contributed by atoms with Crippen LogP contribution in [-0.4, -0.2) is 41.4 Å². The molecule has 0 aromatic rings. The van der Waals surface area contributed by atoms with Crippen molar-refractivity contribution >= 4 is 23.4 Å². The van der Waals surface area contributed by atoms with E-state index in [1.807, 2.05) is 0 Å². The van der Waals surface area contributed by atoms with E-state index in [0.29, 0.717) is 5.38 Å². The summed E-state index contributed by atoms with van der Waals surface area (Å²) in [5, 5.41) is 0.364. The van der Waals surface area contributed by atoms with Gasteiger partial charge in [0, 0.05) is 5.38 Å². The van der Waals surface area contributed by atoms with Crippen LogP contribution in [0.4, 0.5) is 0 Å². The fourth-order valence-corrected chi connectivity index (χ4v) is 3.04. The third-order valence-corrected chi connectivity index (χ3v) is 4.59. The van der Waals surface area contributed by atoms with Gasteiger partial charge in [0.1, 0.15) is 0 Å². The molecule has 1 rings (SSSR count). The standard InChI is InChI=1S/C12H24ClNS/c1-3-15-10-4-7-14-8-5-12(6-9-14)11(2)13/h11-12H,3-10H2,1-2H3. The summed E-state index contributed by atoms with van der Waals surface area (Å²) in [4.78, 5) is 2.60. The SMILES string of the molecule is CCSCCCN1CCC(C(C)Cl)CC1. The third-order valence-electron chi connectivity index (χ3n) is 3.25. The first-order chi connectivity index (χ1) is 7.24. The zero-order valence-electron chi connectivity index (χ0n) is 10.0. The molecule has 0 bridgehead atoms. The molecule has 0 aromatic carbocycles. The molecular weight excluding hydrogens is 226 g/mol. The molecule has 1 unspecified atom stereocenters. The van der Waals surface area contributed by atoms with E-state index in [4.69, 9.17) is 11.6 Å². The van der Waals surface area contributed by atoms with Crippen molar-refractivity contribution in [2.45, 2.75) is 38.5 Å². The summed E-state index contributed by atoms with van der Waals surface area (Å²) in [5.74, 6) is 3.33. The fraction of sp³-hybridized carbons (Fsp3) is 1.00. The van der Waals surface area contributed by atoms with Gasteiger partial charge in [0.15, 0.2) is 0 Å². The number of hydrogen-bond acceptors (Lipinski definition) is 2. The monoisotopic (exact) mass is 249 g/mol. The average molecular weight is 250 g/mol. The van der Waals surface area contributed by atoms with Crippen molar-refractivity contribution < 1.29 is 0 Å². The first-order valence-corrected chi connectivity index (χ1v) is 7.77. The minimum absolute atomic E-state index is 0.364. The van der Waals surface area contributed by atoms with Crippen molar-refractivity contribution in [3.63, 3.8) is 0 Å². The van der Waals surface area contributed by atoms with Crippen molar-refractivity contribution in [2.24, 2.45) is 5.92 Å². The Morgan fingerprint density at radius 3 is 2.60 bits per heavy atom. The maximum Gasteiger partial charge on any atom is 0.0337 e. The van der Waals surface area contributed by atoms with Crippen molar-refractivity contribution in [2.75, 3.05) is 31.1 Å². The van der Waals surface area contributed by atoms with Crippen LogP contribution in [0.3, 0.4) is 0 Å². The smallest absolute Gasteiger partial charge is 0.0337 e. The lowest BCUT2D eigenvalue weighted by atomic mass is 9.94. The highest BCUT2D eigenvalue weighted by atomic mass is 35.5. The van der Waals surface area contributed by atoms with Crippen LogP contribution < -0.4 is 0 Å². The van der Waals surface area contributed by atoms with Gasteiger partial charge >= 0.3 is 0 Å². The van der Waals surface area contributed by atoms with E-state index in [9.17, 15) is 0 Å². The van der Waals surface area contributed by atoms with Crippen LogP contribution in [0.25, 0.3) is 0 Å². The van der Waals surface area contributed by atoms with E-state index >= 15 is 0 Å². The molecule has 90 valence electrons. The molecule has 1 aliphatic heterocycles. The maximum absolute atomic E-state index is 6.13.